The van der Waals surface area contributed by atoms with Crippen molar-refractivity contribution in [1.29, 1.82) is 0 Å². The number of halogens is 15. The van der Waals surface area contributed by atoms with E-state index in [0.29, 0.717) is 42.5 Å². The Morgan fingerprint density at radius 3 is 1.43 bits per heavy atom. The molecule has 0 radical (unpaired) electrons. The predicted octanol–water partition coefficient (Wildman–Crippen LogP) is 7.54. The van der Waals surface area contributed by atoms with Crippen molar-refractivity contribution in [3.63, 3.8) is 0 Å². The maximum absolute atomic E-state index is 14.9. The first-order valence-corrected chi connectivity index (χ1v) is 14.8. The van der Waals surface area contributed by atoms with E-state index < -0.39 is 88.2 Å². The molecule has 252 valence electrons. The molecule has 0 unspecified atom stereocenters. The molecular weight excluding hydrogens is 688 g/mol. The Kier molecular flexibility index (Phi) is 7.08. The first-order chi connectivity index (χ1) is 20.8. The fraction of sp³-hybridized carbons (Fsp3) is 0.333. The van der Waals surface area contributed by atoms with Crippen LogP contribution >= 0.6 is 7.06 Å². The Bertz CT molecular complexity index is 1620. The summed E-state index contributed by atoms with van der Waals surface area (Å²) in [5, 5.41) is 9.53. The molecule has 0 amide bonds. The van der Waals surface area contributed by atoms with Crippen molar-refractivity contribution in [2.75, 3.05) is 6.16 Å². The van der Waals surface area contributed by atoms with Gasteiger partial charge >= 0.3 is 247 Å². The normalized spacial score (nSPS) is 23.7. The molecular formula is C27H15F15O3P-. The second kappa shape index (κ2) is 9.51. The van der Waals surface area contributed by atoms with Crippen molar-refractivity contribution in [3.8, 4) is 0 Å². The Hall–Kier alpha value is -3.08. The van der Waals surface area contributed by atoms with Crippen LogP contribution in [-0.2, 0) is 25.9 Å². The van der Waals surface area contributed by atoms with Crippen LogP contribution in [-0.4, -0.2) is 37.0 Å². The van der Waals surface area contributed by atoms with Gasteiger partial charge < -0.3 is 0 Å². The summed E-state index contributed by atoms with van der Waals surface area (Å²) >= 11 is 0. The number of fused-ring (bicyclic) bond motifs is 2. The van der Waals surface area contributed by atoms with Gasteiger partial charge in [-0.2, -0.15) is 0 Å². The Morgan fingerprint density at radius 1 is 0.543 bits per heavy atom. The molecule has 2 aliphatic rings. The zero-order valence-corrected chi connectivity index (χ0v) is 22.9. The Balaban J connectivity index is 2.02. The Labute approximate surface area is 247 Å². The third kappa shape index (κ3) is 4.05. The van der Waals surface area contributed by atoms with Gasteiger partial charge in [0, 0.05) is 0 Å². The van der Waals surface area contributed by atoms with E-state index in [1.807, 2.05) is 0 Å². The molecule has 0 bridgehead atoms. The van der Waals surface area contributed by atoms with E-state index in [-0.39, 0.29) is 18.2 Å². The quantitative estimate of drug-likeness (QED) is 0.209. The molecule has 46 heavy (non-hydrogen) atoms. The maximum atomic E-state index is 14.9. The van der Waals surface area contributed by atoms with E-state index in [1.54, 1.807) is 0 Å². The van der Waals surface area contributed by atoms with Crippen LogP contribution in [0.4, 0.5) is 65.9 Å². The van der Waals surface area contributed by atoms with Crippen molar-refractivity contribution >= 4 is 17.7 Å². The summed E-state index contributed by atoms with van der Waals surface area (Å²) in [4.78, 5) is 0. The molecule has 1 atom stereocenters. The molecule has 1 saturated heterocycles. The minimum absolute atomic E-state index is 0.0855. The molecule has 3 aromatic rings. The number of hydrogen-bond donors (Lipinski definition) is 0. The topological polar surface area (TPSA) is 41.5 Å². The average molecular weight is 703 g/mol. The van der Waals surface area contributed by atoms with Crippen LogP contribution in [0.5, 0.6) is 0 Å². The van der Waals surface area contributed by atoms with Gasteiger partial charge in [0.05, 0.1) is 0 Å². The van der Waals surface area contributed by atoms with Gasteiger partial charge in [0.1, 0.15) is 0 Å². The van der Waals surface area contributed by atoms with Crippen LogP contribution in [0.15, 0.2) is 78.9 Å². The number of benzene rings is 3. The van der Waals surface area contributed by atoms with Crippen LogP contribution in [0.2, 0.25) is 0 Å². The summed E-state index contributed by atoms with van der Waals surface area (Å²) in [6.07, 6.45) is -35.0. The van der Waals surface area contributed by atoms with E-state index >= 15 is 0 Å². The summed E-state index contributed by atoms with van der Waals surface area (Å²) in [5.74, 6) is 0. The van der Waals surface area contributed by atoms with Crippen LogP contribution in [0.25, 0.3) is 0 Å². The third-order valence-corrected chi connectivity index (χ3v) is 13.1. The monoisotopic (exact) mass is 703 g/mol. The van der Waals surface area contributed by atoms with Crippen molar-refractivity contribution in [2.24, 2.45) is 0 Å². The van der Waals surface area contributed by atoms with Crippen molar-refractivity contribution in [2.45, 2.75) is 47.7 Å². The summed E-state index contributed by atoms with van der Waals surface area (Å²) in [5.41, 5.74) is -21.4. The van der Waals surface area contributed by atoms with E-state index in [1.165, 1.54) is 0 Å². The molecule has 3 nitrogen and oxygen atoms in total. The van der Waals surface area contributed by atoms with E-state index in [4.69, 9.17) is 9.05 Å². The fourth-order valence-corrected chi connectivity index (χ4v) is 12.4. The molecule has 2 heterocycles. The molecule has 3 aromatic carbocycles. The molecule has 19 heteroatoms. The molecule has 1 spiro atoms. The zero-order chi connectivity index (χ0) is 34.6. The zero-order valence-electron chi connectivity index (χ0n) is 22.1. The van der Waals surface area contributed by atoms with Crippen molar-refractivity contribution in [3.05, 3.63) is 95.6 Å². The summed E-state index contributed by atoms with van der Waals surface area (Å²) in [7, 11) is -7.22. The fourth-order valence-electron chi connectivity index (χ4n) is 6.14. The van der Waals surface area contributed by atoms with Crippen molar-refractivity contribution < 1.29 is 80.0 Å². The van der Waals surface area contributed by atoms with Crippen LogP contribution in [0.3, 0.4) is 0 Å². The van der Waals surface area contributed by atoms with Gasteiger partial charge in [0.25, 0.3) is 0 Å². The second-order valence-electron chi connectivity index (χ2n) is 10.5. The first kappa shape index (κ1) is 34.3. The molecule has 1 fully saturated rings. The molecule has 2 aliphatic heterocycles. The molecule has 0 aliphatic carbocycles. The molecule has 0 saturated carbocycles. The van der Waals surface area contributed by atoms with Crippen LogP contribution in [0.1, 0.15) is 16.7 Å². The SMILES string of the molecule is [O-]C(c1ccccc1P12(C[C@](c3ccccc3)(C(F)(F)F)O1)OC(C(F)(F)F)(C(F)(F)F)c1ccccc12)(C(F)(F)F)C(F)(F)F. The minimum atomic E-state index is -7.22. The standard InChI is InChI=1S/C27H15F15O3P/c28-23(29,30)20(15-8-2-1-3-9-15)14-46(44-20,18-12-6-4-10-16(18)21(43,24(31,32)33)25(34,35)36)19-13-7-5-11-17(19)22(45-46,26(37,38)39)27(40,41)42/h1-13H,14H2/q-1/t20-/m0/s1. The van der Waals surface area contributed by atoms with Gasteiger partial charge in [-0.1, -0.05) is 0 Å². The number of rotatable bonds is 3. The van der Waals surface area contributed by atoms with Gasteiger partial charge in [0.2, 0.25) is 0 Å². The summed E-state index contributed by atoms with van der Waals surface area (Å²) in [6.45, 7) is 0. The molecule has 0 aromatic heterocycles. The second-order valence-corrected chi connectivity index (χ2v) is 14.4. The van der Waals surface area contributed by atoms with Gasteiger partial charge in [-0.3, -0.25) is 0 Å². The van der Waals surface area contributed by atoms with Crippen LogP contribution < -0.4 is 15.7 Å². The van der Waals surface area contributed by atoms with Gasteiger partial charge in [-0.15, -0.1) is 0 Å². The Morgan fingerprint density at radius 2 is 0.978 bits per heavy atom. The van der Waals surface area contributed by atoms with Gasteiger partial charge in [0.15, 0.2) is 0 Å². The van der Waals surface area contributed by atoms with E-state index in [0.717, 1.165) is 18.2 Å². The third-order valence-electron chi connectivity index (χ3n) is 8.03. The summed E-state index contributed by atoms with van der Waals surface area (Å²) < 4.78 is 228. The first-order valence-electron chi connectivity index (χ1n) is 12.5. The average Bonchev–Trinajstić information content (AvgIpc) is 3.21. The summed E-state index contributed by atoms with van der Waals surface area (Å²) in [6, 6.07) is 6.88. The van der Waals surface area contributed by atoms with Crippen molar-refractivity contribution in [1.82, 2.24) is 0 Å². The van der Waals surface area contributed by atoms with Gasteiger partial charge in [-0.25, -0.2) is 0 Å². The number of hydrogen-bond acceptors (Lipinski definition) is 3. The molecule has 5 rings (SSSR count). The van der Waals surface area contributed by atoms with Crippen LogP contribution in [0, 0.1) is 0 Å². The number of alkyl halides is 15. The van der Waals surface area contributed by atoms with E-state index in [2.05, 4.69) is 0 Å². The molecule has 0 N–H and O–H groups in total. The van der Waals surface area contributed by atoms with Gasteiger partial charge in [-0.05, 0) is 0 Å². The predicted molar refractivity (Wildman–Crippen MR) is 128 cm³/mol. The van der Waals surface area contributed by atoms with E-state index in [9.17, 15) is 71.0 Å².